The minimum absolute atomic E-state index is 0.0845. The van der Waals surface area contributed by atoms with Crippen LogP contribution < -0.4 is 16.0 Å². The van der Waals surface area contributed by atoms with Crippen LogP contribution in [0, 0.1) is 11.8 Å². The topological polar surface area (TPSA) is 148 Å². The Morgan fingerprint density at radius 2 is 1.63 bits per heavy atom. The van der Waals surface area contributed by atoms with Crippen molar-refractivity contribution >= 4 is 62.6 Å². The Morgan fingerprint density at radius 1 is 1.02 bits per heavy atom. The number of rotatable bonds is 13. The van der Waals surface area contributed by atoms with Crippen molar-refractivity contribution in [3.05, 3.63) is 33.8 Å². The predicted molar refractivity (Wildman–Crippen MR) is 165 cm³/mol. The molecule has 2 atom stereocenters. The lowest BCUT2D eigenvalue weighted by Gasteiger charge is -2.24. The average molecular weight is 622 g/mol. The first-order chi connectivity index (χ1) is 19.4. The number of amides is 3. The minimum Gasteiger partial charge on any atom is -0.444 e. The summed E-state index contributed by atoms with van der Waals surface area (Å²) in [6.07, 6.45) is 8.42. The summed E-state index contributed by atoms with van der Waals surface area (Å²) in [5, 5.41) is 27.4. The van der Waals surface area contributed by atoms with Crippen LogP contribution in [-0.2, 0) is 27.2 Å². The molecule has 0 spiro atoms. The zero-order valence-electron chi connectivity index (χ0n) is 24.4. The Balaban J connectivity index is 1.35. The molecule has 0 bridgehead atoms. The van der Waals surface area contributed by atoms with Crippen molar-refractivity contribution in [2.24, 2.45) is 11.8 Å². The summed E-state index contributed by atoms with van der Waals surface area (Å²) in [5.41, 5.74) is 0.373. The van der Waals surface area contributed by atoms with E-state index in [1.807, 2.05) is 19.9 Å². The fourth-order valence-corrected chi connectivity index (χ4v) is 6.41. The van der Waals surface area contributed by atoms with Crippen molar-refractivity contribution in [3.8, 4) is 0 Å². The van der Waals surface area contributed by atoms with Gasteiger partial charge in [-0.25, -0.2) is 4.79 Å². The zero-order chi connectivity index (χ0) is 30.0. The van der Waals surface area contributed by atoms with E-state index in [1.165, 1.54) is 22.7 Å². The van der Waals surface area contributed by atoms with Crippen LogP contribution >= 0.6 is 34.4 Å². The second-order valence-corrected chi connectivity index (χ2v) is 14.4. The molecule has 14 heteroatoms. The van der Waals surface area contributed by atoms with E-state index in [2.05, 4.69) is 55.4 Å². The first-order valence-corrected chi connectivity index (χ1v) is 16.4. The van der Waals surface area contributed by atoms with Crippen LogP contribution in [0.4, 0.5) is 15.1 Å². The molecule has 0 saturated heterocycles. The Morgan fingerprint density at radius 3 is 2.20 bits per heavy atom. The second kappa shape index (κ2) is 15.4. The van der Waals surface area contributed by atoms with E-state index in [1.54, 1.807) is 32.5 Å². The number of allylic oxidation sites excluding steroid dienone is 3. The molecule has 2 aromatic heterocycles. The van der Waals surface area contributed by atoms with Gasteiger partial charge in [0.05, 0.1) is 6.42 Å². The lowest BCUT2D eigenvalue weighted by atomic mass is 9.96. The molecule has 3 N–H and O–H groups in total. The number of carbonyl (C=O) groups is 3. The number of nitrogens with zero attached hydrogens (tertiary/aromatic N) is 4. The highest BCUT2D eigenvalue weighted by Gasteiger charge is 2.27. The Kier molecular flexibility index (Phi) is 12.3. The molecule has 3 rings (SSSR count). The largest absolute Gasteiger partial charge is 0.444 e. The fraction of sp³-hybridized carbons (Fsp3) is 0.593. The minimum atomic E-state index is -0.766. The van der Waals surface area contributed by atoms with Crippen LogP contribution in [0.15, 0.2) is 23.8 Å². The summed E-state index contributed by atoms with van der Waals surface area (Å²) in [4.78, 5) is 37.3. The molecule has 224 valence electrons. The van der Waals surface area contributed by atoms with E-state index in [4.69, 9.17) is 4.74 Å². The van der Waals surface area contributed by atoms with E-state index >= 15 is 0 Å². The Bertz CT molecular complexity index is 1250. The smallest absolute Gasteiger partial charge is 0.408 e. The number of hydrogen-bond acceptors (Lipinski definition) is 11. The van der Waals surface area contributed by atoms with Gasteiger partial charge in [0.25, 0.3) is 0 Å². The highest BCUT2D eigenvalue weighted by Crippen LogP contribution is 2.22. The van der Waals surface area contributed by atoms with Crippen LogP contribution in [0.2, 0.25) is 0 Å². The van der Waals surface area contributed by atoms with Crippen LogP contribution in [0.5, 0.6) is 0 Å². The van der Waals surface area contributed by atoms with Gasteiger partial charge < -0.3 is 15.4 Å². The van der Waals surface area contributed by atoms with E-state index in [0.29, 0.717) is 29.0 Å². The van der Waals surface area contributed by atoms with Crippen LogP contribution in [0.1, 0.15) is 64.4 Å². The average Bonchev–Trinajstić information content (AvgIpc) is 3.50. The Hall–Kier alpha value is -2.84. The summed E-state index contributed by atoms with van der Waals surface area (Å²) in [6, 6.07) is -0.766. The number of aromatic nitrogens is 4. The molecule has 2 heterocycles. The summed E-state index contributed by atoms with van der Waals surface area (Å²) >= 11 is 4.47. The zero-order valence-corrected chi connectivity index (χ0v) is 26.8. The van der Waals surface area contributed by atoms with Gasteiger partial charge in [-0.1, -0.05) is 61.7 Å². The maximum atomic E-state index is 12.8. The van der Waals surface area contributed by atoms with E-state index < -0.39 is 17.7 Å². The molecule has 2 unspecified atom stereocenters. The van der Waals surface area contributed by atoms with Gasteiger partial charge in [-0.05, 0) is 56.1 Å². The van der Waals surface area contributed by atoms with E-state index in [-0.39, 0.29) is 17.7 Å². The number of hydrogen-bond donors (Lipinski definition) is 3. The van der Waals surface area contributed by atoms with Crippen molar-refractivity contribution in [2.75, 3.05) is 22.1 Å². The summed E-state index contributed by atoms with van der Waals surface area (Å²) in [7, 11) is 0. The van der Waals surface area contributed by atoms with Crippen molar-refractivity contribution in [1.82, 2.24) is 25.7 Å². The van der Waals surface area contributed by atoms with Gasteiger partial charge in [-0.15, -0.1) is 20.4 Å². The monoisotopic (exact) mass is 621 g/mol. The lowest BCUT2D eigenvalue weighted by Crippen LogP contribution is -2.48. The number of aryl methyl sites for hydroxylation is 2. The summed E-state index contributed by atoms with van der Waals surface area (Å²) in [5.74, 6) is 1.55. The van der Waals surface area contributed by atoms with Crippen LogP contribution in [-0.4, -0.2) is 61.5 Å². The third-order valence-electron chi connectivity index (χ3n) is 5.66. The van der Waals surface area contributed by atoms with Crippen LogP contribution in [0.25, 0.3) is 0 Å². The molecule has 2 aromatic rings. The van der Waals surface area contributed by atoms with Gasteiger partial charge in [0.15, 0.2) is 0 Å². The van der Waals surface area contributed by atoms with Crippen molar-refractivity contribution in [3.63, 3.8) is 0 Å². The molecule has 0 fully saturated rings. The van der Waals surface area contributed by atoms with Gasteiger partial charge in [0, 0.05) is 12.8 Å². The van der Waals surface area contributed by atoms with Gasteiger partial charge in [-0.3, -0.25) is 14.9 Å². The number of thioether (sulfide) groups is 1. The van der Waals surface area contributed by atoms with Gasteiger partial charge in [0.2, 0.25) is 22.1 Å². The summed E-state index contributed by atoms with van der Waals surface area (Å²) < 4.78 is 5.28. The lowest BCUT2D eigenvalue weighted by molar-refractivity contribution is -0.119. The maximum Gasteiger partial charge on any atom is 0.408 e. The molecular weight excluding hydrogens is 583 g/mol. The molecule has 0 aromatic carbocycles. The quantitative estimate of drug-likeness (QED) is 0.255. The number of nitrogens with one attached hydrogen (secondary N) is 3. The maximum absolute atomic E-state index is 12.8. The number of ether oxygens (including phenoxy) is 1. The normalized spacial score (nSPS) is 15.8. The Labute approximate surface area is 253 Å². The number of carbonyl (C=O) groups excluding carboxylic acids is 3. The van der Waals surface area contributed by atoms with E-state index in [0.717, 1.165) is 39.9 Å². The molecular formula is C27H39N7O4S3. The third-order valence-corrected chi connectivity index (χ3v) is 8.44. The summed E-state index contributed by atoms with van der Waals surface area (Å²) in [6.45, 7) is 11.1. The highest BCUT2D eigenvalue weighted by atomic mass is 32.2. The van der Waals surface area contributed by atoms with Crippen molar-refractivity contribution in [2.45, 2.75) is 78.9 Å². The molecule has 41 heavy (non-hydrogen) atoms. The SMILES string of the molecule is CC1C=C(CC(=O)Nc2nnc(CCSCCc3nnc(NC(=O)C(NC(=O)OC(C)(C)C)C(C)C)s3)s2)C=CC1. The molecule has 3 amide bonds. The molecule has 1 aliphatic carbocycles. The van der Waals surface area contributed by atoms with Gasteiger partial charge >= 0.3 is 6.09 Å². The fourth-order valence-electron chi connectivity index (χ4n) is 3.77. The molecule has 1 aliphatic rings. The van der Waals surface area contributed by atoms with Crippen molar-refractivity contribution < 1.29 is 19.1 Å². The van der Waals surface area contributed by atoms with E-state index in [9.17, 15) is 14.4 Å². The molecule has 0 aliphatic heterocycles. The number of alkyl carbamates (subject to hydrolysis) is 1. The first-order valence-electron chi connectivity index (χ1n) is 13.6. The van der Waals surface area contributed by atoms with Crippen molar-refractivity contribution in [1.29, 1.82) is 0 Å². The standard InChI is InChI=1S/C27H39N7O4S3/c1-16(2)22(29-26(37)38-27(4,5)6)23(36)30-25-34-32-21(41-25)11-13-39-12-10-20-31-33-24(40-20)28-19(35)15-18-9-7-8-17(3)14-18/h7,9,14,16-17,22H,8,10-13,15H2,1-6H3,(H,29,37)(H,28,33,35)(H,30,34,36). The predicted octanol–water partition coefficient (Wildman–Crippen LogP) is 5.25. The highest BCUT2D eigenvalue weighted by molar-refractivity contribution is 7.99. The van der Waals surface area contributed by atoms with Gasteiger partial charge in [0.1, 0.15) is 21.7 Å². The first kappa shape index (κ1) is 32.7. The molecule has 0 radical (unpaired) electrons. The van der Waals surface area contributed by atoms with Crippen LogP contribution in [0.3, 0.4) is 0 Å². The second-order valence-electron chi connectivity index (χ2n) is 11.1. The molecule has 0 saturated carbocycles. The van der Waals surface area contributed by atoms with Gasteiger partial charge in [-0.2, -0.15) is 11.8 Å². The third kappa shape index (κ3) is 11.9. The molecule has 11 nitrogen and oxygen atoms in total. The number of anilines is 2.